The molecule has 2 atom stereocenters. The minimum Gasteiger partial charge on any atom is -0.354 e. The first kappa shape index (κ1) is 24.6. The van der Waals surface area contributed by atoms with Gasteiger partial charge >= 0.3 is 0 Å². The number of thioether (sulfide) groups is 1. The van der Waals surface area contributed by atoms with E-state index in [1.54, 1.807) is 17.8 Å². The van der Waals surface area contributed by atoms with E-state index in [9.17, 15) is 14.4 Å². The minimum absolute atomic E-state index is 0.0981. The second-order valence-corrected chi connectivity index (χ2v) is 8.18. The molecular weight excluding hydrogens is 421 g/mol. The molecule has 0 aliphatic rings. The number of hydrogen-bond donors (Lipinski definition) is 3. The summed E-state index contributed by atoms with van der Waals surface area (Å²) < 4.78 is 0. The summed E-state index contributed by atoms with van der Waals surface area (Å²) in [5.41, 5.74) is 0.251. The lowest BCUT2D eigenvalue weighted by atomic mass is 10.1. The Labute approximate surface area is 180 Å². The molecule has 0 aliphatic carbocycles. The van der Waals surface area contributed by atoms with Gasteiger partial charge in [-0.3, -0.25) is 14.4 Å². The van der Waals surface area contributed by atoms with Gasteiger partial charge in [0.1, 0.15) is 6.04 Å². The van der Waals surface area contributed by atoms with Crippen LogP contribution in [0.25, 0.3) is 0 Å². The van der Waals surface area contributed by atoms with Gasteiger partial charge in [0.05, 0.1) is 10.6 Å². The monoisotopic (exact) mass is 447 g/mol. The maximum Gasteiger partial charge on any atom is 0.253 e. The number of benzene rings is 1. The van der Waals surface area contributed by atoms with Crippen LogP contribution in [0.2, 0.25) is 10.0 Å². The fourth-order valence-electron chi connectivity index (χ4n) is 2.29. The summed E-state index contributed by atoms with van der Waals surface area (Å²) >= 11 is 13.5. The maximum atomic E-state index is 12.5. The highest BCUT2D eigenvalue weighted by Crippen LogP contribution is 2.21. The summed E-state index contributed by atoms with van der Waals surface area (Å²) in [6, 6.07) is 3.94. The smallest absolute Gasteiger partial charge is 0.253 e. The number of nitrogens with one attached hydrogen (secondary N) is 3. The highest BCUT2D eigenvalue weighted by atomic mass is 35.5. The molecule has 3 amide bonds. The highest BCUT2D eigenvalue weighted by molar-refractivity contribution is 7.98. The molecule has 9 heteroatoms. The molecule has 28 heavy (non-hydrogen) atoms. The van der Waals surface area contributed by atoms with Crippen LogP contribution in [0.15, 0.2) is 18.2 Å². The Morgan fingerprint density at radius 3 is 2.50 bits per heavy atom. The fourth-order valence-corrected chi connectivity index (χ4v) is 3.25. The van der Waals surface area contributed by atoms with Gasteiger partial charge < -0.3 is 16.0 Å². The molecule has 0 heterocycles. The van der Waals surface area contributed by atoms with Gasteiger partial charge in [0.2, 0.25) is 11.8 Å². The quantitative estimate of drug-likeness (QED) is 0.485. The zero-order valence-electron chi connectivity index (χ0n) is 16.3. The summed E-state index contributed by atoms with van der Waals surface area (Å²) in [6.07, 6.45) is 3.41. The molecule has 0 saturated heterocycles. The Bertz CT molecular complexity index is 688. The van der Waals surface area contributed by atoms with Crippen molar-refractivity contribution in [2.45, 2.75) is 45.2 Å². The third kappa shape index (κ3) is 8.71. The number of rotatable bonds is 11. The van der Waals surface area contributed by atoms with Crippen LogP contribution in [0.1, 0.15) is 43.5 Å². The van der Waals surface area contributed by atoms with Gasteiger partial charge in [0, 0.05) is 24.0 Å². The number of amides is 3. The van der Waals surface area contributed by atoms with E-state index in [1.165, 1.54) is 12.1 Å². The number of hydrogen-bond acceptors (Lipinski definition) is 4. The van der Waals surface area contributed by atoms with Crippen LogP contribution in [0.4, 0.5) is 0 Å². The SMILES string of the molecule is CCC(C)NC(=O)CCNC(=O)C(CCSC)NC(=O)c1ccc(Cl)cc1Cl. The molecule has 0 fully saturated rings. The van der Waals surface area contributed by atoms with Crippen molar-refractivity contribution in [1.29, 1.82) is 0 Å². The molecule has 6 nitrogen and oxygen atoms in total. The molecule has 0 bridgehead atoms. The Hall–Kier alpha value is -1.44. The second kappa shape index (κ2) is 12.9. The van der Waals surface area contributed by atoms with Crippen LogP contribution in [0.3, 0.4) is 0 Å². The zero-order valence-corrected chi connectivity index (χ0v) is 18.6. The predicted octanol–water partition coefficient (Wildman–Crippen LogP) is 3.27. The molecular formula is C19H27Cl2N3O3S. The van der Waals surface area contributed by atoms with Crippen LogP contribution < -0.4 is 16.0 Å². The average Bonchev–Trinajstić information content (AvgIpc) is 2.64. The molecule has 0 radical (unpaired) electrons. The molecule has 1 aromatic carbocycles. The zero-order chi connectivity index (χ0) is 21.1. The lowest BCUT2D eigenvalue weighted by Gasteiger charge is -2.19. The van der Waals surface area contributed by atoms with Crippen LogP contribution in [0, 0.1) is 0 Å². The van der Waals surface area contributed by atoms with Gasteiger partial charge in [-0.05, 0) is 50.0 Å². The summed E-state index contributed by atoms with van der Waals surface area (Å²) in [4.78, 5) is 36.8. The number of halogens is 2. The largest absolute Gasteiger partial charge is 0.354 e. The fraction of sp³-hybridized carbons (Fsp3) is 0.526. The van der Waals surface area contributed by atoms with E-state index in [1.807, 2.05) is 20.1 Å². The van der Waals surface area contributed by atoms with Crippen molar-refractivity contribution in [3.63, 3.8) is 0 Å². The Kier molecular flexibility index (Phi) is 11.3. The molecule has 3 N–H and O–H groups in total. The second-order valence-electron chi connectivity index (χ2n) is 6.35. The minimum atomic E-state index is -0.718. The van der Waals surface area contributed by atoms with E-state index < -0.39 is 11.9 Å². The molecule has 0 spiro atoms. The van der Waals surface area contributed by atoms with Crippen LogP contribution in [-0.2, 0) is 9.59 Å². The lowest BCUT2D eigenvalue weighted by Crippen LogP contribution is -2.48. The first-order chi connectivity index (χ1) is 13.3. The van der Waals surface area contributed by atoms with Crippen molar-refractivity contribution in [3.05, 3.63) is 33.8 Å². The summed E-state index contributed by atoms with van der Waals surface area (Å²) in [6.45, 7) is 4.11. The van der Waals surface area contributed by atoms with E-state index in [0.717, 1.165) is 6.42 Å². The Morgan fingerprint density at radius 1 is 1.18 bits per heavy atom. The molecule has 2 unspecified atom stereocenters. The van der Waals surface area contributed by atoms with E-state index in [4.69, 9.17) is 23.2 Å². The van der Waals surface area contributed by atoms with Crippen molar-refractivity contribution >= 4 is 52.7 Å². The number of carbonyl (C=O) groups is 3. The van der Waals surface area contributed by atoms with Gasteiger partial charge in [0.15, 0.2) is 0 Å². The topological polar surface area (TPSA) is 87.3 Å². The first-order valence-electron chi connectivity index (χ1n) is 9.10. The molecule has 0 aromatic heterocycles. The normalized spacial score (nSPS) is 12.8. The van der Waals surface area contributed by atoms with Gasteiger partial charge in [-0.2, -0.15) is 11.8 Å². The summed E-state index contributed by atoms with van der Waals surface area (Å²) in [5.74, 6) is -0.199. The van der Waals surface area contributed by atoms with Crippen molar-refractivity contribution < 1.29 is 14.4 Å². The van der Waals surface area contributed by atoms with Gasteiger partial charge in [0.25, 0.3) is 5.91 Å². The van der Waals surface area contributed by atoms with Crippen molar-refractivity contribution in [2.24, 2.45) is 0 Å². The molecule has 0 aliphatic heterocycles. The third-order valence-electron chi connectivity index (χ3n) is 4.08. The maximum absolute atomic E-state index is 12.5. The van der Waals surface area contributed by atoms with Gasteiger partial charge in [-0.25, -0.2) is 0 Å². The van der Waals surface area contributed by atoms with E-state index in [2.05, 4.69) is 16.0 Å². The third-order valence-corrected chi connectivity index (χ3v) is 5.27. The van der Waals surface area contributed by atoms with Crippen LogP contribution >= 0.6 is 35.0 Å². The number of carbonyl (C=O) groups excluding carboxylic acids is 3. The van der Waals surface area contributed by atoms with E-state index in [0.29, 0.717) is 17.2 Å². The van der Waals surface area contributed by atoms with Crippen molar-refractivity contribution in [3.8, 4) is 0 Å². The van der Waals surface area contributed by atoms with Crippen LogP contribution in [0.5, 0.6) is 0 Å². The predicted molar refractivity (Wildman–Crippen MR) is 116 cm³/mol. The first-order valence-corrected chi connectivity index (χ1v) is 11.2. The van der Waals surface area contributed by atoms with E-state index in [-0.39, 0.29) is 41.4 Å². The van der Waals surface area contributed by atoms with E-state index >= 15 is 0 Å². The lowest BCUT2D eigenvalue weighted by molar-refractivity contribution is -0.123. The molecule has 1 aromatic rings. The van der Waals surface area contributed by atoms with Gasteiger partial charge in [-0.15, -0.1) is 0 Å². The van der Waals surface area contributed by atoms with Crippen LogP contribution in [-0.4, -0.2) is 48.4 Å². The standard InChI is InChI=1S/C19H27Cl2N3O3S/c1-4-12(2)23-17(25)7-9-22-19(27)16(8-10-28-3)24-18(26)14-6-5-13(20)11-15(14)21/h5-6,11-12,16H,4,7-10H2,1-3H3,(H,22,27)(H,23,25)(H,24,26). The molecule has 0 saturated carbocycles. The summed E-state index contributed by atoms with van der Waals surface area (Å²) in [7, 11) is 0. The molecule has 1 rings (SSSR count). The van der Waals surface area contributed by atoms with Crippen molar-refractivity contribution in [1.82, 2.24) is 16.0 Å². The average molecular weight is 448 g/mol. The Balaban J connectivity index is 2.64. The van der Waals surface area contributed by atoms with Crippen molar-refractivity contribution in [2.75, 3.05) is 18.6 Å². The van der Waals surface area contributed by atoms with Gasteiger partial charge in [-0.1, -0.05) is 30.1 Å². The molecule has 156 valence electrons. The highest BCUT2D eigenvalue weighted by Gasteiger charge is 2.22. The Morgan fingerprint density at radius 2 is 1.89 bits per heavy atom. The summed E-state index contributed by atoms with van der Waals surface area (Å²) in [5, 5.41) is 8.92.